The van der Waals surface area contributed by atoms with Crippen molar-refractivity contribution in [2.75, 3.05) is 6.54 Å². The zero-order valence-electron chi connectivity index (χ0n) is 11.6. The lowest BCUT2D eigenvalue weighted by molar-refractivity contribution is 0.152. The fourth-order valence-corrected chi connectivity index (χ4v) is 3.23. The van der Waals surface area contributed by atoms with Crippen molar-refractivity contribution in [2.45, 2.75) is 45.4 Å². The first kappa shape index (κ1) is 14.4. The van der Waals surface area contributed by atoms with Crippen LogP contribution in [0.5, 0.6) is 0 Å². The van der Waals surface area contributed by atoms with Crippen LogP contribution in [-0.2, 0) is 6.42 Å². The van der Waals surface area contributed by atoms with Gasteiger partial charge >= 0.3 is 0 Å². The quantitative estimate of drug-likeness (QED) is 0.875. The lowest BCUT2D eigenvalue weighted by atomic mass is 9.67. The third-order valence-electron chi connectivity index (χ3n) is 4.75. The fraction of sp³-hybridized carbons (Fsp3) is 0.625. The molecule has 0 heterocycles. The summed E-state index contributed by atoms with van der Waals surface area (Å²) in [6.45, 7) is 2.77. The molecule has 1 nitrogen and oxygen atoms in total. The van der Waals surface area contributed by atoms with E-state index in [4.69, 9.17) is 5.73 Å². The third-order valence-corrected chi connectivity index (χ3v) is 4.75. The van der Waals surface area contributed by atoms with Crippen LogP contribution in [0.25, 0.3) is 0 Å². The van der Waals surface area contributed by atoms with Gasteiger partial charge in [-0.05, 0) is 73.7 Å². The summed E-state index contributed by atoms with van der Waals surface area (Å²) in [4.78, 5) is 0. The predicted molar refractivity (Wildman–Crippen MR) is 73.8 cm³/mol. The van der Waals surface area contributed by atoms with Gasteiger partial charge in [-0.25, -0.2) is 8.78 Å². The van der Waals surface area contributed by atoms with Gasteiger partial charge in [0, 0.05) is 0 Å². The Kier molecular flexibility index (Phi) is 4.56. The van der Waals surface area contributed by atoms with Gasteiger partial charge in [-0.1, -0.05) is 13.3 Å². The Labute approximate surface area is 114 Å². The second-order valence-electron chi connectivity index (χ2n) is 5.97. The van der Waals surface area contributed by atoms with Crippen molar-refractivity contribution in [1.82, 2.24) is 0 Å². The summed E-state index contributed by atoms with van der Waals surface area (Å²) in [5, 5.41) is 0. The molecule has 1 saturated carbocycles. The van der Waals surface area contributed by atoms with Gasteiger partial charge in [0.1, 0.15) is 11.6 Å². The number of halogens is 2. The van der Waals surface area contributed by atoms with Gasteiger partial charge in [0.15, 0.2) is 0 Å². The Balaban J connectivity index is 2.13. The van der Waals surface area contributed by atoms with E-state index in [1.54, 1.807) is 0 Å². The fourth-order valence-electron chi connectivity index (χ4n) is 3.23. The van der Waals surface area contributed by atoms with Gasteiger partial charge in [0.2, 0.25) is 0 Å². The molecular formula is C16H23F2N. The van der Waals surface area contributed by atoms with Crippen molar-refractivity contribution < 1.29 is 8.78 Å². The molecule has 0 saturated heterocycles. The summed E-state index contributed by atoms with van der Waals surface area (Å²) >= 11 is 0. The van der Waals surface area contributed by atoms with Crippen molar-refractivity contribution in [2.24, 2.45) is 17.1 Å². The van der Waals surface area contributed by atoms with E-state index in [2.05, 4.69) is 6.92 Å². The minimum absolute atomic E-state index is 0.0414. The van der Waals surface area contributed by atoms with E-state index < -0.39 is 0 Å². The molecule has 0 unspecified atom stereocenters. The average molecular weight is 267 g/mol. The number of nitrogens with two attached hydrogens (primary N) is 1. The van der Waals surface area contributed by atoms with Gasteiger partial charge in [-0.15, -0.1) is 0 Å². The number of hydrogen-bond donors (Lipinski definition) is 1. The summed E-state index contributed by atoms with van der Waals surface area (Å²) in [5.41, 5.74) is 6.38. The maximum Gasteiger partial charge on any atom is 0.126 e. The molecule has 1 aliphatic rings. The van der Waals surface area contributed by atoms with Crippen LogP contribution in [0.4, 0.5) is 8.78 Å². The molecule has 106 valence electrons. The molecule has 0 aliphatic heterocycles. The molecule has 0 radical (unpaired) electrons. The highest BCUT2D eigenvalue weighted by Crippen LogP contribution is 2.42. The highest BCUT2D eigenvalue weighted by molar-refractivity contribution is 5.20. The Bertz CT molecular complexity index is 423. The summed E-state index contributed by atoms with van der Waals surface area (Å²) in [6, 6.07) is 3.70. The van der Waals surface area contributed by atoms with Gasteiger partial charge in [0.25, 0.3) is 0 Å². The number of rotatable bonds is 4. The molecule has 2 N–H and O–H groups in total. The summed E-state index contributed by atoms with van der Waals surface area (Å²) in [5.74, 6) is 0.0923. The first-order chi connectivity index (χ1) is 9.08. The van der Waals surface area contributed by atoms with E-state index in [1.807, 2.05) is 0 Å². The van der Waals surface area contributed by atoms with Crippen LogP contribution < -0.4 is 5.73 Å². The zero-order chi connectivity index (χ0) is 13.9. The van der Waals surface area contributed by atoms with E-state index in [0.717, 1.165) is 31.6 Å². The van der Waals surface area contributed by atoms with Crippen molar-refractivity contribution in [3.63, 3.8) is 0 Å². The van der Waals surface area contributed by atoms with Crippen molar-refractivity contribution in [1.29, 1.82) is 0 Å². The zero-order valence-corrected chi connectivity index (χ0v) is 11.6. The molecule has 19 heavy (non-hydrogen) atoms. The number of benzene rings is 1. The second kappa shape index (κ2) is 6.00. The standard InChI is InChI=1S/C16H23F2N/c1-2-12-5-7-16(11-19,8-6-12)10-13-9-14(17)3-4-15(13)18/h3-4,9,12H,2,5-8,10-11,19H2,1H3. The molecule has 3 heteroatoms. The normalized spacial score (nSPS) is 27.5. The largest absolute Gasteiger partial charge is 0.330 e. The lowest BCUT2D eigenvalue weighted by Crippen LogP contribution is -2.37. The Morgan fingerprint density at radius 3 is 2.53 bits per heavy atom. The van der Waals surface area contributed by atoms with Crippen LogP contribution in [-0.4, -0.2) is 6.54 Å². The van der Waals surface area contributed by atoms with Crippen LogP contribution in [0.15, 0.2) is 18.2 Å². The van der Waals surface area contributed by atoms with Crippen LogP contribution in [0.1, 0.15) is 44.6 Å². The van der Waals surface area contributed by atoms with Crippen molar-refractivity contribution >= 4 is 0 Å². The summed E-state index contributed by atoms with van der Waals surface area (Å²) < 4.78 is 27.0. The maximum atomic E-state index is 13.8. The minimum atomic E-state index is -0.370. The van der Waals surface area contributed by atoms with Crippen LogP contribution in [0.3, 0.4) is 0 Å². The highest BCUT2D eigenvalue weighted by Gasteiger charge is 2.34. The topological polar surface area (TPSA) is 26.0 Å². The van der Waals surface area contributed by atoms with E-state index >= 15 is 0 Å². The first-order valence-corrected chi connectivity index (χ1v) is 7.22. The van der Waals surface area contributed by atoms with Gasteiger partial charge in [0.05, 0.1) is 0 Å². The van der Waals surface area contributed by atoms with Gasteiger partial charge in [-0.3, -0.25) is 0 Å². The molecule has 0 atom stereocenters. The van der Waals surface area contributed by atoms with E-state index in [0.29, 0.717) is 18.5 Å². The summed E-state index contributed by atoms with van der Waals surface area (Å²) in [7, 11) is 0. The lowest BCUT2D eigenvalue weighted by Gasteiger charge is -2.39. The Morgan fingerprint density at radius 1 is 1.26 bits per heavy atom. The van der Waals surface area contributed by atoms with Gasteiger partial charge < -0.3 is 5.73 Å². The molecular weight excluding hydrogens is 244 g/mol. The Morgan fingerprint density at radius 2 is 1.95 bits per heavy atom. The SMILES string of the molecule is CCC1CCC(CN)(Cc2cc(F)ccc2F)CC1. The predicted octanol–water partition coefficient (Wildman–Crippen LogP) is 4.05. The second-order valence-corrected chi connectivity index (χ2v) is 5.97. The molecule has 2 rings (SSSR count). The molecule has 0 aromatic heterocycles. The maximum absolute atomic E-state index is 13.8. The summed E-state index contributed by atoms with van der Waals surface area (Å²) in [6.07, 6.45) is 6.13. The van der Waals surface area contributed by atoms with E-state index in [1.165, 1.54) is 24.6 Å². The minimum Gasteiger partial charge on any atom is -0.330 e. The first-order valence-electron chi connectivity index (χ1n) is 7.22. The van der Waals surface area contributed by atoms with E-state index in [9.17, 15) is 8.78 Å². The van der Waals surface area contributed by atoms with Gasteiger partial charge in [-0.2, -0.15) is 0 Å². The molecule has 0 bridgehead atoms. The smallest absolute Gasteiger partial charge is 0.126 e. The highest BCUT2D eigenvalue weighted by atomic mass is 19.1. The average Bonchev–Trinajstić information content (AvgIpc) is 2.44. The van der Waals surface area contributed by atoms with Crippen molar-refractivity contribution in [3.8, 4) is 0 Å². The van der Waals surface area contributed by atoms with Crippen LogP contribution in [0, 0.1) is 23.0 Å². The van der Waals surface area contributed by atoms with E-state index in [-0.39, 0.29) is 17.0 Å². The van der Waals surface area contributed by atoms with Crippen LogP contribution in [0.2, 0.25) is 0 Å². The molecule has 1 fully saturated rings. The van der Waals surface area contributed by atoms with Crippen LogP contribution >= 0.6 is 0 Å². The monoisotopic (exact) mass is 267 g/mol. The molecule has 1 aromatic rings. The molecule has 0 spiro atoms. The number of hydrogen-bond acceptors (Lipinski definition) is 1. The van der Waals surface area contributed by atoms with Crippen molar-refractivity contribution in [3.05, 3.63) is 35.4 Å². The Hall–Kier alpha value is -0.960. The third kappa shape index (κ3) is 3.33. The molecule has 1 aromatic carbocycles. The molecule has 1 aliphatic carbocycles. The molecule has 0 amide bonds.